The van der Waals surface area contributed by atoms with E-state index in [2.05, 4.69) is 20.5 Å². The van der Waals surface area contributed by atoms with Gasteiger partial charge in [-0.25, -0.2) is 4.39 Å². The number of benzene rings is 1. The SMILES string of the molecule is CN=C(NC1CCN(CCOC)CC1)NC1CC1c1ccccc1F.I. The van der Waals surface area contributed by atoms with Crippen LogP contribution in [-0.2, 0) is 4.74 Å². The molecule has 1 aromatic carbocycles. The molecule has 0 radical (unpaired) electrons. The van der Waals surface area contributed by atoms with Crippen LogP contribution in [0.4, 0.5) is 4.39 Å². The molecule has 26 heavy (non-hydrogen) atoms. The number of rotatable bonds is 6. The number of nitrogens with zero attached hydrogens (tertiary/aromatic N) is 2. The van der Waals surface area contributed by atoms with Crippen LogP contribution in [0.5, 0.6) is 0 Å². The fourth-order valence-electron chi connectivity index (χ4n) is 3.54. The summed E-state index contributed by atoms with van der Waals surface area (Å²) in [6.45, 7) is 3.96. The van der Waals surface area contributed by atoms with Gasteiger partial charge in [0.05, 0.1) is 6.61 Å². The molecular formula is C19H30FIN4O. The van der Waals surface area contributed by atoms with E-state index in [4.69, 9.17) is 4.74 Å². The minimum atomic E-state index is -0.108. The first-order valence-electron chi connectivity index (χ1n) is 9.17. The Kier molecular flexibility index (Phi) is 8.56. The molecule has 2 aliphatic rings. The molecule has 1 saturated heterocycles. The van der Waals surface area contributed by atoms with Crippen molar-refractivity contribution >= 4 is 29.9 Å². The van der Waals surface area contributed by atoms with E-state index >= 15 is 0 Å². The molecule has 5 nitrogen and oxygen atoms in total. The number of hydrogen-bond acceptors (Lipinski definition) is 3. The number of piperidine rings is 1. The lowest BCUT2D eigenvalue weighted by Gasteiger charge is -2.32. The fourth-order valence-corrected chi connectivity index (χ4v) is 3.54. The van der Waals surface area contributed by atoms with Gasteiger partial charge in [0, 0.05) is 51.8 Å². The molecule has 1 heterocycles. The fraction of sp³-hybridized carbons (Fsp3) is 0.632. The first kappa shape index (κ1) is 21.4. The molecule has 0 spiro atoms. The predicted octanol–water partition coefficient (Wildman–Crippen LogP) is 2.58. The Balaban J connectivity index is 0.00000243. The molecular weight excluding hydrogens is 446 g/mol. The summed E-state index contributed by atoms with van der Waals surface area (Å²) in [6, 6.07) is 7.77. The Labute approximate surface area is 172 Å². The maximum absolute atomic E-state index is 13.9. The normalized spacial score (nSPS) is 24.0. The van der Waals surface area contributed by atoms with Crippen molar-refractivity contribution in [3.8, 4) is 0 Å². The van der Waals surface area contributed by atoms with Crippen LogP contribution >= 0.6 is 24.0 Å². The van der Waals surface area contributed by atoms with Crippen LogP contribution in [0.2, 0.25) is 0 Å². The Morgan fingerprint density at radius 2 is 2.00 bits per heavy atom. The largest absolute Gasteiger partial charge is 0.383 e. The van der Waals surface area contributed by atoms with Crippen molar-refractivity contribution in [2.24, 2.45) is 4.99 Å². The number of halogens is 2. The van der Waals surface area contributed by atoms with Crippen LogP contribution in [0.1, 0.15) is 30.7 Å². The molecule has 3 rings (SSSR count). The number of nitrogens with one attached hydrogen (secondary N) is 2. The number of likely N-dealkylation sites (tertiary alicyclic amines) is 1. The van der Waals surface area contributed by atoms with Gasteiger partial charge in [-0.05, 0) is 30.9 Å². The first-order valence-corrected chi connectivity index (χ1v) is 9.17. The monoisotopic (exact) mass is 476 g/mol. The first-order chi connectivity index (χ1) is 12.2. The Morgan fingerprint density at radius 3 is 2.65 bits per heavy atom. The molecule has 0 aromatic heterocycles. The molecule has 0 amide bonds. The summed E-state index contributed by atoms with van der Waals surface area (Å²) in [5.74, 6) is 0.970. The van der Waals surface area contributed by atoms with Gasteiger partial charge in [0.15, 0.2) is 5.96 Å². The third-order valence-electron chi connectivity index (χ3n) is 5.18. The van der Waals surface area contributed by atoms with Gasteiger partial charge in [-0.15, -0.1) is 24.0 Å². The van der Waals surface area contributed by atoms with Crippen molar-refractivity contribution in [1.82, 2.24) is 15.5 Å². The summed E-state index contributed by atoms with van der Waals surface area (Å²) in [5.41, 5.74) is 0.807. The zero-order chi connectivity index (χ0) is 17.6. The van der Waals surface area contributed by atoms with Crippen molar-refractivity contribution < 1.29 is 9.13 Å². The summed E-state index contributed by atoms with van der Waals surface area (Å²) in [6.07, 6.45) is 3.16. The Bertz CT molecular complexity index is 593. The van der Waals surface area contributed by atoms with Crippen LogP contribution in [0, 0.1) is 5.82 Å². The van der Waals surface area contributed by atoms with E-state index in [1.807, 2.05) is 12.1 Å². The van der Waals surface area contributed by atoms with Crippen molar-refractivity contribution in [2.75, 3.05) is 40.4 Å². The number of aliphatic imine (C=N–C) groups is 1. The highest BCUT2D eigenvalue weighted by molar-refractivity contribution is 14.0. The standard InChI is InChI=1S/C19H29FN4O.HI/c1-21-19(22-14-7-9-24(10-8-14)11-12-25-2)23-18-13-16(18)15-5-3-4-6-17(15)20;/h3-6,14,16,18H,7-13H2,1-2H3,(H2,21,22,23);1H. The van der Waals surface area contributed by atoms with E-state index in [-0.39, 0.29) is 41.8 Å². The lowest BCUT2D eigenvalue weighted by Crippen LogP contribution is -2.49. The second-order valence-corrected chi connectivity index (χ2v) is 6.94. The number of ether oxygens (including phenoxy) is 1. The van der Waals surface area contributed by atoms with Crippen LogP contribution in [0.15, 0.2) is 29.3 Å². The predicted molar refractivity (Wildman–Crippen MR) is 114 cm³/mol. The van der Waals surface area contributed by atoms with Crippen LogP contribution in [0.25, 0.3) is 0 Å². The van der Waals surface area contributed by atoms with Gasteiger partial charge >= 0.3 is 0 Å². The Hall–Kier alpha value is -0.930. The summed E-state index contributed by atoms with van der Waals surface area (Å²) in [5, 5.41) is 6.98. The second kappa shape index (κ2) is 10.4. The number of methoxy groups -OCH3 is 1. The zero-order valence-corrected chi connectivity index (χ0v) is 17.9. The van der Waals surface area contributed by atoms with E-state index in [0.717, 1.165) is 57.0 Å². The van der Waals surface area contributed by atoms with Crippen LogP contribution in [-0.4, -0.2) is 63.3 Å². The molecule has 2 unspecified atom stereocenters. The van der Waals surface area contributed by atoms with Crippen LogP contribution in [0.3, 0.4) is 0 Å². The van der Waals surface area contributed by atoms with Gasteiger partial charge in [-0.3, -0.25) is 4.99 Å². The number of guanidine groups is 1. The van der Waals surface area contributed by atoms with Crippen LogP contribution < -0.4 is 10.6 Å². The van der Waals surface area contributed by atoms with Gasteiger partial charge in [-0.2, -0.15) is 0 Å². The molecule has 1 aliphatic heterocycles. The van der Waals surface area contributed by atoms with Gasteiger partial charge in [0.25, 0.3) is 0 Å². The third kappa shape index (κ3) is 5.79. The quantitative estimate of drug-likeness (QED) is 0.377. The molecule has 0 bridgehead atoms. The van der Waals surface area contributed by atoms with Gasteiger partial charge < -0.3 is 20.3 Å². The molecule has 7 heteroatoms. The summed E-state index contributed by atoms with van der Waals surface area (Å²) < 4.78 is 19.0. The van der Waals surface area contributed by atoms with Gasteiger partial charge in [-0.1, -0.05) is 18.2 Å². The highest BCUT2D eigenvalue weighted by Gasteiger charge is 2.40. The second-order valence-electron chi connectivity index (χ2n) is 6.94. The molecule has 1 aliphatic carbocycles. The van der Waals surface area contributed by atoms with Crippen molar-refractivity contribution in [3.63, 3.8) is 0 Å². The Morgan fingerprint density at radius 1 is 1.27 bits per heavy atom. The molecule has 1 saturated carbocycles. The molecule has 2 fully saturated rings. The minimum absolute atomic E-state index is 0. The average molecular weight is 476 g/mol. The van der Waals surface area contributed by atoms with E-state index in [1.54, 1.807) is 20.2 Å². The minimum Gasteiger partial charge on any atom is -0.383 e. The highest BCUT2D eigenvalue weighted by atomic mass is 127. The van der Waals surface area contributed by atoms with E-state index in [1.165, 1.54) is 6.07 Å². The molecule has 2 atom stereocenters. The number of hydrogen-bond donors (Lipinski definition) is 2. The van der Waals surface area contributed by atoms with Crippen molar-refractivity contribution in [2.45, 2.75) is 37.3 Å². The van der Waals surface area contributed by atoms with Gasteiger partial charge in [0.2, 0.25) is 0 Å². The molecule has 2 N–H and O–H groups in total. The smallest absolute Gasteiger partial charge is 0.191 e. The van der Waals surface area contributed by atoms with Crippen molar-refractivity contribution in [3.05, 3.63) is 35.6 Å². The maximum Gasteiger partial charge on any atom is 0.191 e. The summed E-state index contributed by atoms with van der Waals surface area (Å²) in [4.78, 5) is 6.79. The molecule has 146 valence electrons. The summed E-state index contributed by atoms with van der Waals surface area (Å²) >= 11 is 0. The van der Waals surface area contributed by atoms with E-state index < -0.39 is 0 Å². The topological polar surface area (TPSA) is 48.9 Å². The zero-order valence-electron chi connectivity index (χ0n) is 15.6. The van der Waals surface area contributed by atoms with E-state index in [9.17, 15) is 4.39 Å². The highest BCUT2D eigenvalue weighted by Crippen LogP contribution is 2.41. The lowest BCUT2D eigenvalue weighted by molar-refractivity contribution is 0.128. The average Bonchev–Trinajstić information content (AvgIpc) is 3.39. The van der Waals surface area contributed by atoms with E-state index in [0.29, 0.717) is 6.04 Å². The lowest BCUT2D eigenvalue weighted by atomic mass is 10.1. The third-order valence-corrected chi connectivity index (χ3v) is 5.18. The van der Waals surface area contributed by atoms with Gasteiger partial charge in [0.1, 0.15) is 5.82 Å². The summed E-state index contributed by atoms with van der Waals surface area (Å²) in [7, 11) is 3.54. The molecule has 1 aromatic rings. The maximum atomic E-state index is 13.9. The van der Waals surface area contributed by atoms with Crippen molar-refractivity contribution in [1.29, 1.82) is 0 Å².